The molecule has 1 saturated heterocycles. The molecule has 33 heavy (non-hydrogen) atoms. The Hall–Kier alpha value is -2.68. The minimum absolute atomic E-state index is 0.0245. The number of para-hydroxylation sites is 1. The van der Waals surface area contributed by atoms with E-state index in [0.717, 1.165) is 42.3 Å². The van der Waals surface area contributed by atoms with Crippen molar-refractivity contribution in [2.45, 2.75) is 37.8 Å². The quantitative estimate of drug-likeness (QED) is 0.516. The molecule has 0 saturated carbocycles. The summed E-state index contributed by atoms with van der Waals surface area (Å²) in [5.74, 6) is 1.27. The molecule has 2 unspecified atom stereocenters. The zero-order valence-electron chi connectivity index (χ0n) is 19.6. The minimum atomic E-state index is -0.200. The van der Waals surface area contributed by atoms with Crippen LogP contribution in [0.4, 0.5) is 5.69 Å². The van der Waals surface area contributed by atoms with Gasteiger partial charge < -0.3 is 9.84 Å². The monoisotopic (exact) mass is 465 g/mol. The summed E-state index contributed by atoms with van der Waals surface area (Å²) in [5.41, 5.74) is 3.02. The number of rotatable bonds is 7. The number of carbonyl (C=O) groups is 1. The number of aromatic nitrogens is 2. The summed E-state index contributed by atoms with van der Waals surface area (Å²) in [6.45, 7) is 9.41. The van der Waals surface area contributed by atoms with Crippen molar-refractivity contribution in [2.75, 3.05) is 37.8 Å². The van der Waals surface area contributed by atoms with Crippen LogP contribution in [0.1, 0.15) is 31.3 Å². The van der Waals surface area contributed by atoms with Crippen LogP contribution in [-0.2, 0) is 4.79 Å². The Kier molecular flexibility index (Phi) is 7.47. The summed E-state index contributed by atoms with van der Waals surface area (Å²) in [6, 6.07) is 15.8. The number of nitrogens with zero attached hydrogens (tertiary/aromatic N) is 4. The number of hydrogen-bond donors (Lipinski definition) is 1. The summed E-state index contributed by atoms with van der Waals surface area (Å²) in [5, 5.41) is 7.27. The minimum Gasteiger partial charge on any atom is -0.337 e. The number of hydrogen-bond acceptors (Lipinski definition) is 7. The van der Waals surface area contributed by atoms with Crippen LogP contribution in [0.2, 0.25) is 0 Å². The van der Waals surface area contributed by atoms with Crippen molar-refractivity contribution in [1.82, 2.24) is 19.9 Å². The van der Waals surface area contributed by atoms with Crippen molar-refractivity contribution < 1.29 is 9.32 Å². The van der Waals surface area contributed by atoms with Crippen LogP contribution in [0, 0.1) is 6.92 Å². The zero-order chi connectivity index (χ0) is 23.4. The second-order valence-corrected chi connectivity index (χ2v) is 9.28. The lowest BCUT2D eigenvalue weighted by molar-refractivity contribution is -0.121. The first-order valence-electron chi connectivity index (χ1n) is 11.3. The molecule has 0 bridgehead atoms. The van der Waals surface area contributed by atoms with Gasteiger partial charge >= 0.3 is 0 Å². The van der Waals surface area contributed by atoms with Crippen molar-refractivity contribution in [3.63, 3.8) is 0 Å². The van der Waals surface area contributed by atoms with E-state index in [9.17, 15) is 4.79 Å². The molecule has 1 aliphatic heterocycles. The third-order valence-electron chi connectivity index (χ3n) is 6.30. The maximum atomic E-state index is 12.9. The third kappa shape index (κ3) is 5.46. The van der Waals surface area contributed by atoms with E-state index in [4.69, 9.17) is 4.52 Å². The average molecular weight is 466 g/mol. The standard InChI is InChI=1S/C25H31N5O2S/c1-17-9-11-20(12-10-17)23-27-25(32-28-23)19(3)30-15-13-29(14-16-30)18(2)24(31)26-21-7-5-6-8-22(21)33-4/h5-12,18-19H,13-16H2,1-4H3,(H,26,31). The Morgan fingerprint density at radius 2 is 1.70 bits per heavy atom. The highest BCUT2D eigenvalue weighted by molar-refractivity contribution is 7.98. The summed E-state index contributed by atoms with van der Waals surface area (Å²) < 4.78 is 5.58. The maximum Gasteiger partial charge on any atom is 0.244 e. The van der Waals surface area contributed by atoms with Gasteiger partial charge in [-0.25, -0.2) is 0 Å². The topological polar surface area (TPSA) is 74.5 Å². The van der Waals surface area contributed by atoms with Crippen molar-refractivity contribution >= 4 is 23.4 Å². The Morgan fingerprint density at radius 1 is 1.03 bits per heavy atom. The van der Waals surface area contributed by atoms with Gasteiger partial charge in [0.1, 0.15) is 0 Å². The molecule has 2 heterocycles. The number of amides is 1. The Bertz CT molecular complexity index is 1080. The van der Waals surface area contributed by atoms with Gasteiger partial charge in [-0.2, -0.15) is 4.98 Å². The van der Waals surface area contributed by atoms with Crippen LogP contribution < -0.4 is 5.32 Å². The molecule has 1 amide bonds. The molecule has 4 rings (SSSR count). The number of aryl methyl sites for hydroxylation is 1. The number of benzene rings is 2. The molecule has 2 aromatic carbocycles. The summed E-state index contributed by atoms with van der Waals surface area (Å²) in [4.78, 5) is 23.1. The molecule has 0 spiro atoms. The van der Waals surface area contributed by atoms with Gasteiger partial charge in [-0.05, 0) is 39.2 Å². The lowest BCUT2D eigenvalue weighted by Crippen LogP contribution is -2.53. The van der Waals surface area contributed by atoms with Crippen LogP contribution >= 0.6 is 11.8 Å². The Morgan fingerprint density at radius 3 is 2.39 bits per heavy atom. The highest BCUT2D eigenvalue weighted by Crippen LogP contribution is 2.26. The number of piperazine rings is 1. The molecule has 7 nitrogen and oxygen atoms in total. The second kappa shape index (κ2) is 10.5. The first-order valence-corrected chi connectivity index (χ1v) is 12.5. The number of thioether (sulfide) groups is 1. The van der Waals surface area contributed by atoms with Crippen molar-refractivity contribution in [3.8, 4) is 11.4 Å². The first-order chi connectivity index (χ1) is 16.0. The van der Waals surface area contributed by atoms with E-state index < -0.39 is 0 Å². The molecule has 174 valence electrons. The molecule has 1 N–H and O–H groups in total. The molecular formula is C25H31N5O2S. The van der Waals surface area contributed by atoms with Gasteiger partial charge in [0.25, 0.3) is 0 Å². The molecular weight excluding hydrogens is 434 g/mol. The molecule has 1 aliphatic rings. The Labute approximate surface area is 199 Å². The average Bonchev–Trinajstić information content (AvgIpc) is 3.34. The molecule has 8 heteroatoms. The normalized spacial score (nSPS) is 17.0. The van der Waals surface area contributed by atoms with Gasteiger partial charge in [-0.1, -0.05) is 47.1 Å². The first kappa shape index (κ1) is 23.5. The molecule has 0 radical (unpaired) electrons. The molecule has 2 atom stereocenters. The van der Waals surface area contributed by atoms with Crippen molar-refractivity contribution in [2.24, 2.45) is 0 Å². The van der Waals surface area contributed by atoms with Crippen LogP contribution in [0.5, 0.6) is 0 Å². The zero-order valence-corrected chi connectivity index (χ0v) is 20.4. The fourth-order valence-electron chi connectivity index (χ4n) is 4.04. The maximum absolute atomic E-state index is 12.9. The number of nitrogens with one attached hydrogen (secondary N) is 1. The predicted octanol–water partition coefficient (Wildman–Crippen LogP) is 4.47. The smallest absolute Gasteiger partial charge is 0.244 e. The molecule has 3 aromatic rings. The summed E-state index contributed by atoms with van der Waals surface area (Å²) in [7, 11) is 0. The van der Waals surface area contributed by atoms with E-state index in [1.807, 2.05) is 61.7 Å². The van der Waals surface area contributed by atoms with Gasteiger partial charge in [0, 0.05) is 36.6 Å². The van der Waals surface area contributed by atoms with Gasteiger partial charge in [-0.15, -0.1) is 11.8 Å². The van der Waals surface area contributed by atoms with Gasteiger partial charge in [0.2, 0.25) is 17.6 Å². The number of carbonyl (C=O) groups excluding carboxylic acids is 1. The van der Waals surface area contributed by atoms with Crippen LogP contribution in [0.3, 0.4) is 0 Å². The van der Waals surface area contributed by atoms with Crippen molar-refractivity contribution in [3.05, 3.63) is 60.0 Å². The fraction of sp³-hybridized carbons (Fsp3) is 0.400. The molecule has 1 aromatic heterocycles. The van der Waals surface area contributed by atoms with E-state index in [1.165, 1.54) is 5.56 Å². The molecule has 1 fully saturated rings. The largest absolute Gasteiger partial charge is 0.337 e. The van der Waals surface area contributed by atoms with E-state index in [2.05, 4.69) is 39.1 Å². The van der Waals surface area contributed by atoms with E-state index in [-0.39, 0.29) is 18.0 Å². The van der Waals surface area contributed by atoms with Crippen molar-refractivity contribution in [1.29, 1.82) is 0 Å². The SMILES string of the molecule is CSc1ccccc1NC(=O)C(C)N1CCN(C(C)c2nc(-c3ccc(C)cc3)no2)CC1. The van der Waals surface area contributed by atoms with Crippen LogP contribution in [0.15, 0.2) is 57.9 Å². The van der Waals surface area contributed by atoms with E-state index >= 15 is 0 Å². The van der Waals surface area contributed by atoms with Gasteiger partial charge in [-0.3, -0.25) is 14.6 Å². The van der Waals surface area contributed by atoms with Gasteiger partial charge in [0.05, 0.1) is 17.8 Å². The fourth-order valence-corrected chi connectivity index (χ4v) is 4.60. The third-order valence-corrected chi connectivity index (χ3v) is 7.09. The van der Waals surface area contributed by atoms with Gasteiger partial charge in [0.15, 0.2) is 0 Å². The molecule has 0 aliphatic carbocycles. The van der Waals surface area contributed by atoms with Crippen LogP contribution in [-0.4, -0.2) is 64.3 Å². The van der Waals surface area contributed by atoms with Crippen LogP contribution in [0.25, 0.3) is 11.4 Å². The highest BCUT2D eigenvalue weighted by atomic mass is 32.2. The lowest BCUT2D eigenvalue weighted by atomic mass is 10.1. The van der Waals surface area contributed by atoms with E-state index in [1.54, 1.807) is 11.8 Å². The summed E-state index contributed by atoms with van der Waals surface area (Å²) in [6.07, 6.45) is 2.02. The number of anilines is 1. The second-order valence-electron chi connectivity index (χ2n) is 8.44. The summed E-state index contributed by atoms with van der Waals surface area (Å²) >= 11 is 1.63. The predicted molar refractivity (Wildman–Crippen MR) is 132 cm³/mol. The highest BCUT2D eigenvalue weighted by Gasteiger charge is 2.30. The van der Waals surface area contributed by atoms with E-state index in [0.29, 0.717) is 11.7 Å². The Balaban J connectivity index is 1.32. The lowest BCUT2D eigenvalue weighted by Gasteiger charge is -2.39.